The zero-order valence-electron chi connectivity index (χ0n) is 7.73. The van der Waals surface area contributed by atoms with Crippen molar-refractivity contribution in [2.45, 2.75) is 38.0 Å². The van der Waals surface area contributed by atoms with Gasteiger partial charge in [-0.05, 0) is 23.6 Å². The van der Waals surface area contributed by atoms with Crippen molar-refractivity contribution in [1.29, 1.82) is 0 Å². The molecule has 1 unspecified atom stereocenters. The van der Waals surface area contributed by atoms with Crippen molar-refractivity contribution in [1.82, 2.24) is 0 Å². The molecule has 0 aromatic carbocycles. The Bertz CT molecular complexity index is 137. The number of hydrogen-bond donors (Lipinski definition) is 0. The van der Waals surface area contributed by atoms with Crippen molar-refractivity contribution in [2.24, 2.45) is 0 Å². The fraction of sp³-hybridized carbons (Fsp3) is 0.667. The Morgan fingerprint density at radius 3 is 2.31 bits per heavy atom. The van der Waals surface area contributed by atoms with E-state index in [9.17, 15) is 4.79 Å². The van der Waals surface area contributed by atoms with Crippen LogP contribution in [0.25, 0.3) is 0 Å². The quantitative estimate of drug-likeness (QED) is 0.401. The van der Waals surface area contributed by atoms with Gasteiger partial charge < -0.3 is 0 Å². The summed E-state index contributed by atoms with van der Waals surface area (Å²) in [5.74, 6) is 0. The molecular formula is C9H15Cl3O. The van der Waals surface area contributed by atoms with Gasteiger partial charge in [-0.2, -0.15) is 0 Å². The number of rotatable bonds is 5. The van der Waals surface area contributed by atoms with Crippen LogP contribution >= 0.6 is 34.8 Å². The van der Waals surface area contributed by atoms with Gasteiger partial charge in [-0.1, -0.05) is 44.4 Å². The lowest BCUT2D eigenvalue weighted by molar-refractivity contribution is -0.111. The summed E-state index contributed by atoms with van der Waals surface area (Å²) in [6, 6.07) is 0. The molecule has 0 heterocycles. The lowest BCUT2D eigenvalue weighted by Crippen LogP contribution is -2.06. The minimum atomic E-state index is -0.479. The van der Waals surface area contributed by atoms with Crippen LogP contribution in [0.15, 0.2) is 12.1 Å². The summed E-state index contributed by atoms with van der Waals surface area (Å²) in [4.78, 5) is 10.4. The Morgan fingerprint density at radius 1 is 1.54 bits per heavy atom. The monoisotopic (exact) mass is 244 g/mol. The Morgan fingerprint density at radius 2 is 2.00 bits per heavy atom. The molecule has 78 valence electrons. The van der Waals surface area contributed by atoms with E-state index in [0.29, 0.717) is 6.42 Å². The highest BCUT2D eigenvalue weighted by Gasteiger charge is 2.10. The molecule has 0 amide bonds. The van der Waals surface area contributed by atoms with Crippen molar-refractivity contribution >= 4 is 40.0 Å². The van der Waals surface area contributed by atoms with E-state index >= 15 is 0 Å². The van der Waals surface area contributed by atoms with Crippen molar-refractivity contribution in [3.8, 4) is 0 Å². The molecule has 0 saturated heterocycles. The number of alkyl halides is 1. The van der Waals surface area contributed by atoms with E-state index in [0.717, 1.165) is 19.3 Å². The van der Waals surface area contributed by atoms with E-state index in [1.54, 1.807) is 0 Å². The van der Waals surface area contributed by atoms with Crippen LogP contribution in [0.1, 0.15) is 32.6 Å². The molecule has 0 aromatic heterocycles. The highest BCUT2D eigenvalue weighted by Crippen LogP contribution is 2.11. The molecule has 1 nitrogen and oxygen atoms in total. The van der Waals surface area contributed by atoms with E-state index in [1.807, 2.05) is 0 Å². The maximum absolute atomic E-state index is 10.4. The van der Waals surface area contributed by atoms with Gasteiger partial charge in [-0.3, -0.25) is 4.79 Å². The van der Waals surface area contributed by atoms with Crippen molar-refractivity contribution in [2.75, 3.05) is 0 Å². The number of unbranched alkanes of at least 4 members (excludes halogenated alkanes) is 2. The third-order valence-electron chi connectivity index (χ3n) is 1.31. The summed E-state index contributed by atoms with van der Waals surface area (Å²) in [7, 11) is 0. The summed E-state index contributed by atoms with van der Waals surface area (Å²) in [6.07, 6.45) is 3.95. The maximum atomic E-state index is 10.4. The number of hydrogen-bond acceptors (Lipinski definition) is 1. The fourth-order valence-electron chi connectivity index (χ4n) is 0.687. The van der Waals surface area contributed by atoms with Gasteiger partial charge in [0.25, 0.3) is 0 Å². The molecule has 0 aromatic rings. The summed E-state index contributed by atoms with van der Waals surface area (Å²) < 4.78 is 0. The van der Waals surface area contributed by atoms with Gasteiger partial charge in [-0.25, -0.2) is 0 Å². The van der Waals surface area contributed by atoms with Crippen LogP contribution in [0.2, 0.25) is 0 Å². The van der Waals surface area contributed by atoms with Crippen LogP contribution in [-0.2, 0) is 4.79 Å². The summed E-state index contributed by atoms with van der Waals surface area (Å²) >= 11 is 15.5. The predicted molar refractivity (Wildman–Crippen MR) is 60.7 cm³/mol. The van der Waals surface area contributed by atoms with Gasteiger partial charge in [0.1, 0.15) is 5.38 Å². The first-order valence-corrected chi connectivity index (χ1v) is 5.39. The maximum Gasteiger partial charge on any atom is 0.239 e. The first-order valence-electron chi connectivity index (χ1n) is 4.14. The Kier molecular flexibility index (Phi) is 14.9. The minimum Gasteiger partial charge on any atom is -0.280 e. The summed E-state index contributed by atoms with van der Waals surface area (Å²) in [5.41, 5.74) is 1.22. The SMILES string of the molecule is C=CCl.CCCCCC(Cl)C(=O)Cl. The molecule has 0 N–H and O–H groups in total. The molecule has 0 saturated carbocycles. The molecule has 0 aliphatic heterocycles. The third kappa shape index (κ3) is 15.1. The number of carbonyl (C=O) groups excluding carboxylic acids is 1. The van der Waals surface area contributed by atoms with Crippen LogP contribution < -0.4 is 0 Å². The molecule has 0 aliphatic carbocycles. The zero-order valence-corrected chi connectivity index (χ0v) is 10.0. The molecule has 0 bridgehead atoms. The van der Waals surface area contributed by atoms with Crippen LogP contribution in [0.5, 0.6) is 0 Å². The van der Waals surface area contributed by atoms with Gasteiger partial charge in [0.2, 0.25) is 5.24 Å². The van der Waals surface area contributed by atoms with Gasteiger partial charge >= 0.3 is 0 Å². The Hall–Kier alpha value is 0.280. The van der Waals surface area contributed by atoms with Gasteiger partial charge in [-0.15, -0.1) is 11.6 Å². The van der Waals surface area contributed by atoms with Gasteiger partial charge in [0, 0.05) is 0 Å². The lowest BCUT2D eigenvalue weighted by atomic mass is 10.2. The molecule has 0 fully saturated rings. The van der Waals surface area contributed by atoms with Crippen molar-refractivity contribution < 1.29 is 4.79 Å². The normalized spacial score (nSPS) is 11.1. The van der Waals surface area contributed by atoms with Gasteiger partial charge in [0.05, 0.1) is 0 Å². The van der Waals surface area contributed by atoms with Crippen LogP contribution in [0.3, 0.4) is 0 Å². The largest absolute Gasteiger partial charge is 0.280 e. The van der Waals surface area contributed by atoms with E-state index < -0.39 is 10.6 Å². The van der Waals surface area contributed by atoms with E-state index in [2.05, 4.69) is 13.5 Å². The predicted octanol–water partition coefficient (Wildman–Crippen LogP) is 4.31. The van der Waals surface area contributed by atoms with Crippen molar-refractivity contribution in [3.05, 3.63) is 12.1 Å². The lowest BCUT2D eigenvalue weighted by Gasteiger charge is -2.01. The molecule has 4 heteroatoms. The molecular weight excluding hydrogens is 230 g/mol. The second-order valence-corrected chi connectivity index (χ2v) is 3.63. The van der Waals surface area contributed by atoms with Crippen LogP contribution in [0.4, 0.5) is 0 Å². The van der Waals surface area contributed by atoms with E-state index in [4.69, 9.17) is 34.8 Å². The standard InChI is InChI=1S/C7H12Cl2O.C2H3Cl/c1-2-3-4-5-6(8)7(9)10;1-2-3/h6H,2-5H2,1H3;2H,1H2. The average Bonchev–Trinajstić information content (AvgIpc) is 2.06. The van der Waals surface area contributed by atoms with Gasteiger partial charge in [0.15, 0.2) is 0 Å². The molecule has 0 rings (SSSR count). The molecule has 0 aliphatic rings. The smallest absolute Gasteiger partial charge is 0.239 e. The first kappa shape index (κ1) is 15.7. The Balaban J connectivity index is 0. The number of carbonyl (C=O) groups is 1. The highest BCUT2D eigenvalue weighted by molar-refractivity contribution is 6.69. The first-order chi connectivity index (χ1) is 6.09. The van der Waals surface area contributed by atoms with E-state index in [1.165, 1.54) is 5.54 Å². The fourth-order valence-corrected chi connectivity index (χ4v) is 0.950. The van der Waals surface area contributed by atoms with Crippen molar-refractivity contribution in [3.63, 3.8) is 0 Å². The minimum absolute atomic E-state index is 0.433. The topological polar surface area (TPSA) is 17.1 Å². The summed E-state index contributed by atoms with van der Waals surface area (Å²) in [6.45, 7) is 5.23. The third-order valence-corrected chi connectivity index (χ3v) is 2.10. The number of halogens is 3. The second-order valence-electron chi connectivity index (χ2n) is 2.42. The average molecular weight is 246 g/mol. The molecule has 0 radical (unpaired) electrons. The highest BCUT2D eigenvalue weighted by atomic mass is 35.5. The Labute approximate surface area is 95.0 Å². The molecule has 13 heavy (non-hydrogen) atoms. The summed E-state index contributed by atoms with van der Waals surface area (Å²) in [5, 5.41) is -0.911. The van der Waals surface area contributed by atoms with E-state index in [-0.39, 0.29) is 0 Å². The van der Waals surface area contributed by atoms with Crippen LogP contribution in [-0.4, -0.2) is 10.6 Å². The molecule has 0 spiro atoms. The van der Waals surface area contributed by atoms with Crippen LogP contribution in [0, 0.1) is 0 Å². The second kappa shape index (κ2) is 12.3. The zero-order chi connectivity index (χ0) is 10.7. The molecule has 1 atom stereocenters.